The van der Waals surface area contributed by atoms with Crippen LogP contribution in [-0.2, 0) is 4.74 Å². The number of carbonyl (C=O) groups is 1. The van der Waals surface area contributed by atoms with Gasteiger partial charge < -0.3 is 9.47 Å². The third-order valence-corrected chi connectivity index (χ3v) is 3.26. The Morgan fingerprint density at radius 3 is 2.24 bits per heavy atom. The smallest absolute Gasteiger partial charge is 0.411 e. The molecule has 0 bridgehead atoms. The lowest BCUT2D eigenvalue weighted by Gasteiger charge is -2.06. The lowest BCUT2D eigenvalue weighted by atomic mass is 10.1. The summed E-state index contributed by atoms with van der Waals surface area (Å²) in [5.41, 5.74) is 2.78. The second kappa shape index (κ2) is 9.84. The predicted molar refractivity (Wildman–Crippen MR) is 101 cm³/mol. The molecule has 0 unspecified atom stereocenters. The van der Waals surface area contributed by atoms with Gasteiger partial charge in [-0.05, 0) is 41.8 Å². The van der Waals surface area contributed by atoms with E-state index in [1.807, 2.05) is 67.6 Å². The molecule has 1 amide bonds. The summed E-state index contributed by atoms with van der Waals surface area (Å²) in [7, 11) is 0. The molecule has 0 saturated carbocycles. The van der Waals surface area contributed by atoms with Crippen molar-refractivity contribution in [2.45, 2.75) is 13.3 Å². The van der Waals surface area contributed by atoms with Gasteiger partial charge in [-0.1, -0.05) is 49.3 Å². The van der Waals surface area contributed by atoms with Gasteiger partial charge in [0, 0.05) is 5.69 Å². The number of ether oxygens (including phenoxy) is 2. The number of amides is 1. The molecule has 2 aromatic carbocycles. The molecule has 25 heavy (non-hydrogen) atoms. The topological polar surface area (TPSA) is 47.6 Å². The molecule has 0 aliphatic heterocycles. The van der Waals surface area contributed by atoms with Crippen molar-refractivity contribution in [1.82, 2.24) is 0 Å². The minimum atomic E-state index is -0.433. The zero-order chi connectivity index (χ0) is 17.9. The van der Waals surface area contributed by atoms with E-state index < -0.39 is 6.09 Å². The van der Waals surface area contributed by atoms with Crippen LogP contribution >= 0.6 is 0 Å². The van der Waals surface area contributed by atoms with E-state index in [-0.39, 0.29) is 6.61 Å². The Kier molecular flexibility index (Phi) is 7.14. The fourth-order valence-corrected chi connectivity index (χ4v) is 2.02. The Labute approximate surface area is 148 Å². The first-order chi connectivity index (χ1) is 12.2. The summed E-state index contributed by atoms with van der Waals surface area (Å²) in [4.78, 5) is 11.5. The van der Waals surface area contributed by atoms with Crippen molar-refractivity contribution in [2.24, 2.45) is 0 Å². The normalized spacial score (nSPS) is 10.2. The van der Waals surface area contributed by atoms with E-state index >= 15 is 0 Å². The Hall–Kier alpha value is -3.19. The molecule has 0 saturated heterocycles. The molecule has 0 spiro atoms. The average Bonchev–Trinajstić information content (AvgIpc) is 2.65. The van der Waals surface area contributed by atoms with Gasteiger partial charge in [0.15, 0.2) is 0 Å². The SMILES string of the molecule is C#CCOc1ccc(/C=C/c2ccc(NC(=O)OCCC)cc2)cc1. The van der Waals surface area contributed by atoms with E-state index in [0.717, 1.165) is 23.3 Å². The minimum absolute atomic E-state index is 0.265. The second-order valence-corrected chi connectivity index (χ2v) is 5.28. The fourth-order valence-electron chi connectivity index (χ4n) is 2.02. The Morgan fingerprint density at radius 2 is 1.68 bits per heavy atom. The number of carbonyl (C=O) groups excluding carboxylic acids is 1. The fraction of sp³-hybridized carbons (Fsp3) is 0.190. The van der Waals surface area contributed by atoms with Crippen LogP contribution < -0.4 is 10.1 Å². The maximum absolute atomic E-state index is 11.5. The lowest BCUT2D eigenvalue weighted by molar-refractivity contribution is 0.161. The quantitative estimate of drug-likeness (QED) is 0.582. The molecule has 2 aromatic rings. The first-order valence-corrected chi connectivity index (χ1v) is 8.09. The third kappa shape index (κ3) is 6.44. The van der Waals surface area contributed by atoms with E-state index in [9.17, 15) is 4.79 Å². The summed E-state index contributed by atoms with van der Waals surface area (Å²) in [6.45, 7) is 2.63. The van der Waals surface area contributed by atoms with Gasteiger partial charge in [-0.15, -0.1) is 6.42 Å². The monoisotopic (exact) mass is 335 g/mol. The molecule has 4 nitrogen and oxygen atoms in total. The van der Waals surface area contributed by atoms with Crippen LogP contribution in [0.5, 0.6) is 5.75 Å². The standard InChI is InChI=1S/C21H21NO3/c1-3-15-24-20-13-9-18(10-14-20)6-5-17-7-11-19(12-8-17)22-21(23)25-16-4-2/h1,5-14H,4,15-16H2,2H3,(H,22,23)/b6-5+. The molecule has 128 valence electrons. The van der Waals surface area contributed by atoms with Crippen molar-refractivity contribution < 1.29 is 14.3 Å². The second-order valence-electron chi connectivity index (χ2n) is 5.28. The van der Waals surface area contributed by atoms with Crippen molar-refractivity contribution in [3.63, 3.8) is 0 Å². The van der Waals surface area contributed by atoms with Gasteiger partial charge in [0.1, 0.15) is 12.4 Å². The van der Waals surface area contributed by atoms with Crippen molar-refractivity contribution in [2.75, 3.05) is 18.5 Å². The molecule has 4 heteroatoms. The number of rotatable bonds is 7. The van der Waals surface area contributed by atoms with Crippen LogP contribution in [0, 0.1) is 12.3 Å². The molecular formula is C21H21NO3. The van der Waals surface area contributed by atoms with Crippen molar-refractivity contribution >= 4 is 23.9 Å². The average molecular weight is 335 g/mol. The summed E-state index contributed by atoms with van der Waals surface area (Å²) < 4.78 is 10.3. The van der Waals surface area contributed by atoms with Gasteiger partial charge in [0.05, 0.1) is 6.61 Å². The van der Waals surface area contributed by atoms with Crippen molar-refractivity contribution in [1.29, 1.82) is 0 Å². The third-order valence-electron chi connectivity index (χ3n) is 3.26. The van der Waals surface area contributed by atoms with Gasteiger partial charge in [0.2, 0.25) is 0 Å². The van der Waals surface area contributed by atoms with E-state index in [4.69, 9.17) is 15.9 Å². The summed E-state index contributed by atoms with van der Waals surface area (Å²) in [5, 5.41) is 2.69. The molecule has 0 fully saturated rings. The maximum Gasteiger partial charge on any atom is 0.411 e. The molecule has 0 aliphatic rings. The zero-order valence-electron chi connectivity index (χ0n) is 14.2. The Balaban J connectivity index is 1.90. The van der Waals surface area contributed by atoms with Crippen LogP contribution in [0.1, 0.15) is 24.5 Å². The number of terminal acetylenes is 1. The summed E-state index contributed by atoms with van der Waals surface area (Å²) >= 11 is 0. The molecule has 1 N–H and O–H groups in total. The lowest BCUT2D eigenvalue weighted by Crippen LogP contribution is -2.13. The highest BCUT2D eigenvalue weighted by molar-refractivity contribution is 5.84. The van der Waals surface area contributed by atoms with Crippen LogP contribution in [0.3, 0.4) is 0 Å². The number of nitrogens with one attached hydrogen (secondary N) is 1. The minimum Gasteiger partial charge on any atom is -0.481 e. The molecule has 0 heterocycles. The van der Waals surface area contributed by atoms with Gasteiger partial charge in [-0.3, -0.25) is 5.32 Å². The van der Waals surface area contributed by atoms with Crippen LogP contribution in [-0.4, -0.2) is 19.3 Å². The van der Waals surface area contributed by atoms with E-state index in [2.05, 4.69) is 11.2 Å². The van der Waals surface area contributed by atoms with Gasteiger partial charge in [0.25, 0.3) is 0 Å². The molecule has 0 aromatic heterocycles. The van der Waals surface area contributed by atoms with E-state index in [0.29, 0.717) is 12.3 Å². The largest absolute Gasteiger partial charge is 0.481 e. The predicted octanol–water partition coefficient (Wildman–Crippen LogP) is 4.83. The van der Waals surface area contributed by atoms with Crippen LogP contribution in [0.15, 0.2) is 48.5 Å². The molecule has 2 rings (SSSR count). The summed E-state index contributed by atoms with van der Waals surface area (Å²) in [6.07, 6.45) is 9.53. The Bertz CT molecular complexity index is 740. The van der Waals surface area contributed by atoms with Crippen LogP contribution in [0.2, 0.25) is 0 Å². The Morgan fingerprint density at radius 1 is 1.08 bits per heavy atom. The van der Waals surface area contributed by atoms with Gasteiger partial charge in [-0.25, -0.2) is 4.79 Å². The van der Waals surface area contributed by atoms with Gasteiger partial charge >= 0.3 is 6.09 Å². The van der Waals surface area contributed by atoms with Crippen molar-refractivity contribution in [3.8, 4) is 18.1 Å². The number of hydrogen-bond donors (Lipinski definition) is 1. The number of hydrogen-bond acceptors (Lipinski definition) is 3. The number of benzene rings is 2. The van der Waals surface area contributed by atoms with Crippen LogP contribution in [0.25, 0.3) is 12.2 Å². The summed E-state index contributed by atoms with van der Waals surface area (Å²) in [5.74, 6) is 3.18. The first kappa shape index (κ1) is 18.2. The van der Waals surface area contributed by atoms with E-state index in [1.165, 1.54) is 0 Å². The highest BCUT2D eigenvalue weighted by Gasteiger charge is 2.01. The molecule has 0 atom stereocenters. The number of anilines is 1. The van der Waals surface area contributed by atoms with Crippen molar-refractivity contribution in [3.05, 3.63) is 59.7 Å². The highest BCUT2D eigenvalue weighted by Crippen LogP contribution is 2.16. The van der Waals surface area contributed by atoms with Crippen LogP contribution in [0.4, 0.5) is 10.5 Å². The van der Waals surface area contributed by atoms with Gasteiger partial charge in [-0.2, -0.15) is 0 Å². The maximum atomic E-state index is 11.5. The summed E-state index contributed by atoms with van der Waals surface area (Å²) in [6, 6.07) is 15.2. The molecule has 0 aliphatic carbocycles. The molecular weight excluding hydrogens is 314 g/mol. The molecule has 0 radical (unpaired) electrons. The zero-order valence-corrected chi connectivity index (χ0v) is 14.2. The van der Waals surface area contributed by atoms with E-state index in [1.54, 1.807) is 0 Å². The highest BCUT2D eigenvalue weighted by atomic mass is 16.5. The first-order valence-electron chi connectivity index (χ1n) is 8.09.